The minimum Gasteiger partial charge on any atom is -0.207 e. The molecule has 0 aromatic heterocycles. The SMILES string of the molecule is CCN(C1CCCCC1)S(=O)(=O)c1ccc(F)c(Cl)c1. The van der Waals surface area contributed by atoms with Crippen LogP contribution in [0.3, 0.4) is 0 Å². The monoisotopic (exact) mass is 319 g/mol. The Labute approximate surface area is 124 Å². The average molecular weight is 320 g/mol. The van der Waals surface area contributed by atoms with E-state index in [-0.39, 0.29) is 16.0 Å². The van der Waals surface area contributed by atoms with Gasteiger partial charge in [0.2, 0.25) is 10.0 Å². The zero-order chi connectivity index (χ0) is 14.8. The lowest BCUT2D eigenvalue weighted by molar-refractivity contribution is 0.261. The first kappa shape index (κ1) is 15.7. The molecule has 0 heterocycles. The van der Waals surface area contributed by atoms with E-state index < -0.39 is 15.8 Å². The molecule has 6 heteroatoms. The Balaban J connectivity index is 2.32. The molecule has 20 heavy (non-hydrogen) atoms. The molecule has 1 fully saturated rings. The third kappa shape index (κ3) is 3.15. The van der Waals surface area contributed by atoms with Crippen molar-refractivity contribution in [1.82, 2.24) is 4.31 Å². The molecule has 112 valence electrons. The summed E-state index contributed by atoms with van der Waals surface area (Å²) < 4.78 is 40.0. The van der Waals surface area contributed by atoms with Crippen LogP contribution >= 0.6 is 11.6 Å². The fourth-order valence-electron chi connectivity index (χ4n) is 2.77. The van der Waals surface area contributed by atoms with Gasteiger partial charge in [-0.25, -0.2) is 12.8 Å². The van der Waals surface area contributed by atoms with Crippen LogP contribution in [-0.2, 0) is 10.0 Å². The van der Waals surface area contributed by atoms with Crippen LogP contribution in [0.2, 0.25) is 5.02 Å². The van der Waals surface area contributed by atoms with Crippen LogP contribution in [0, 0.1) is 5.82 Å². The number of sulfonamides is 1. The van der Waals surface area contributed by atoms with Gasteiger partial charge in [0.05, 0.1) is 9.92 Å². The molecule has 0 saturated heterocycles. The van der Waals surface area contributed by atoms with E-state index in [2.05, 4.69) is 0 Å². The van der Waals surface area contributed by atoms with Gasteiger partial charge >= 0.3 is 0 Å². The van der Waals surface area contributed by atoms with Crippen LogP contribution in [0.5, 0.6) is 0 Å². The maximum atomic E-state index is 13.2. The second-order valence-electron chi connectivity index (χ2n) is 5.08. The Morgan fingerprint density at radius 3 is 2.50 bits per heavy atom. The molecule has 3 nitrogen and oxygen atoms in total. The molecular weight excluding hydrogens is 301 g/mol. The summed E-state index contributed by atoms with van der Waals surface area (Å²) in [5.74, 6) is -0.605. The van der Waals surface area contributed by atoms with Crippen LogP contribution in [-0.4, -0.2) is 25.3 Å². The van der Waals surface area contributed by atoms with Crippen molar-refractivity contribution in [2.75, 3.05) is 6.54 Å². The summed E-state index contributed by atoms with van der Waals surface area (Å²) in [6, 6.07) is 3.62. The second-order valence-corrected chi connectivity index (χ2v) is 7.37. The van der Waals surface area contributed by atoms with Gasteiger partial charge in [0, 0.05) is 12.6 Å². The summed E-state index contributed by atoms with van der Waals surface area (Å²) in [5.41, 5.74) is 0. The highest BCUT2D eigenvalue weighted by atomic mass is 35.5. The zero-order valence-electron chi connectivity index (χ0n) is 11.5. The van der Waals surface area contributed by atoms with Gasteiger partial charge in [-0.3, -0.25) is 0 Å². The summed E-state index contributed by atoms with van der Waals surface area (Å²) in [6.07, 6.45) is 5.06. The van der Waals surface area contributed by atoms with Crippen LogP contribution in [0.1, 0.15) is 39.0 Å². The van der Waals surface area contributed by atoms with Gasteiger partial charge in [0.25, 0.3) is 0 Å². The van der Waals surface area contributed by atoms with Gasteiger partial charge in [-0.1, -0.05) is 37.8 Å². The van der Waals surface area contributed by atoms with Gasteiger partial charge in [0.15, 0.2) is 0 Å². The molecule has 0 spiro atoms. The Bertz CT molecular complexity index is 571. The predicted octanol–water partition coefficient (Wildman–Crippen LogP) is 3.82. The second kappa shape index (κ2) is 6.41. The van der Waals surface area contributed by atoms with E-state index >= 15 is 0 Å². The molecular formula is C14H19ClFNO2S. The lowest BCUT2D eigenvalue weighted by atomic mass is 9.95. The number of halogens is 2. The summed E-state index contributed by atoms with van der Waals surface area (Å²) in [5, 5.41) is -0.161. The number of hydrogen-bond acceptors (Lipinski definition) is 2. The Morgan fingerprint density at radius 1 is 1.30 bits per heavy atom. The van der Waals surface area contributed by atoms with Gasteiger partial charge in [0.1, 0.15) is 5.82 Å². The fraction of sp³-hybridized carbons (Fsp3) is 0.571. The van der Waals surface area contributed by atoms with Crippen LogP contribution in [0.25, 0.3) is 0 Å². The minimum absolute atomic E-state index is 0.0441. The van der Waals surface area contributed by atoms with E-state index in [4.69, 9.17) is 11.6 Å². The number of nitrogens with zero attached hydrogens (tertiary/aromatic N) is 1. The van der Waals surface area contributed by atoms with E-state index in [1.165, 1.54) is 16.4 Å². The van der Waals surface area contributed by atoms with Crippen molar-refractivity contribution in [2.24, 2.45) is 0 Å². The molecule has 0 aliphatic heterocycles. The number of hydrogen-bond donors (Lipinski definition) is 0. The third-order valence-electron chi connectivity index (χ3n) is 3.79. The molecule has 1 saturated carbocycles. The Morgan fingerprint density at radius 2 is 1.95 bits per heavy atom. The molecule has 0 bridgehead atoms. The van der Waals surface area contributed by atoms with Crippen molar-refractivity contribution in [3.8, 4) is 0 Å². The maximum absolute atomic E-state index is 13.2. The predicted molar refractivity (Wildman–Crippen MR) is 77.8 cm³/mol. The van der Waals surface area contributed by atoms with Gasteiger partial charge < -0.3 is 0 Å². The van der Waals surface area contributed by atoms with E-state index in [1.807, 2.05) is 6.92 Å². The van der Waals surface area contributed by atoms with Crippen LogP contribution in [0.4, 0.5) is 4.39 Å². The molecule has 2 rings (SSSR count). The van der Waals surface area contributed by atoms with Crippen molar-refractivity contribution >= 4 is 21.6 Å². The molecule has 1 aromatic carbocycles. The summed E-state index contributed by atoms with van der Waals surface area (Å²) in [7, 11) is -3.61. The van der Waals surface area contributed by atoms with Gasteiger partial charge in [-0.2, -0.15) is 4.31 Å². The van der Waals surface area contributed by atoms with Crippen molar-refractivity contribution in [3.63, 3.8) is 0 Å². The molecule has 0 unspecified atom stereocenters. The molecule has 1 aliphatic rings. The first-order valence-corrected chi connectivity index (χ1v) is 8.75. The smallest absolute Gasteiger partial charge is 0.207 e. The van der Waals surface area contributed by atoms with Gasteiger partial charge in [-0.15, -0.1) is 0 Å². The molecule has 0 atom stereocenters. The van der Waals surface area contributed by atoms with E-state index in [0.717, 1.165) is 38.2 Å². The lowest BCUT2D eigenvalue weighted by Crippen LogP contribution is -2.41. The van der Waals surface area contributed by atoms with E-state index in [0.29, 0.717) is 6.54 Å². The third-order valence-corrected chi connectivity index (χ3v) is 6.10. The minimum atomic E-state index is -3.61. The van der Waals surface area contributed by atoms with Crippen LogP contribution in [0.15, 0.2) is 23.1 Å². The Kier molecular flexibility index (Phi) is 5.04. The van der Waals surface area contributed by atoms with Gasteiger partial charge in [-0.05, 0) is 31.0 Å². The standard InChI is InChI=1S/C14H19ClFNO2S/c1-2-17(11-6-4-3-5-7-11)20(18,19)12-8-9-14(16)13(15)10-12/h8-11H,2-7H2,1H3. The quantitative estimate of drug-likeness (QED) is 0.846. The highest BCUT2D eigenvalue weighted by molar-refractivity contribution is 7.89. The molecule has 1 aliphatic carbocycles. The molecule has 1 aromatic rings. The fourth-order valence-corrected chi connectivity index (χ4v) is 4.73. The normalized spacial score (nSPS) is 17.6. The first-order valence-electron chi connectivity index (χ1n) is 6.93. The average Bonchev–Trinajstić information content (AvgIpc) is 2.43. The zero-order valence-corrected chi connectivity index (χ0v) is 13.1. The summed E-state index contributed by atoms with van der Waals surface area (Å²) >= 11 is 5.70. The lowest BCUT2D eigenvalue weighted by Gasteiger charge is -2.32. The van der Waals surface area contributed by atoms with E-state index in [9.17, 15) is 12.8 Å². The summed E-state index contributed by atoms with van der Waals surface area (Å²) in [4.78, 5) is 0.0660. The highest BCUT2D eigenvalue weighted by Crippen LogP contribution is 2.29. The van der Waals surface area contributed by atoms with Crippen molar-refractivity contribution < 1.29 is 12.8 Å². The number of benzene rings is 1. The molecule has 0 amide bonds. The molecule has 0 radical (unpaired) electrons. The van der Waals surface area contributed by atoms with Crippen molar-refractivity contribution in [3.05, 3.63) is 29.0 Å². The largest absolute Gasteiger partial charge is 0.243 e. The van der Waals surface area contributed by atoms with Crippen molar-refractivity contribution in [1.29, 1.82) is 0 Å². The van der Waals surface area contributed by atoms with E-state index in [1.54, 1.807) is 0 Å². The van der Waals surface area contributed by atoms with Crippen LogP contribution < -0.4 is 0 Å². The topological polar surface area (TPSA) is 37.4 Å². The summed E-state index contributed by atoms with van der Waals surface area (Å²) in [6.45, 7) is 2.25. The number of rotatable bonds is 4. The van der Waals surface area contributed by atoms with Crippen molar-refractivity contribution in [2.45, 2.75) is 50.0 Å². The Hall–Kier alpha value is -0.650. The highest BCUT2D eigenvalue weighted by Gasteiger charge is 2.31. The molecule has 0 N–H and O–H groups in total. The maximum Gasteiger partial charge on any atom is 0.243 e. The first-order chi connectivity index (χ1) is 9.46.